The van der Waals surface area contributed by atoms with E-state index in [0.717, 1.165) is 51.9 Å². The number of hydrogen-bond acceptors (Lipinski definition) is 2. The van der Waals surface area contributed by atoms with Crippen LogP contribution in [0.1, 0.15) is 58.3 Å². The molecule has 0 aliphatic carbocycles. The number of carbonyl (C=O) groups excluding carboxylic acids is 1. The zero-order chi connectivity index (χ0) is 12.8. The molecule has 3 nitrogen and oxygen atoms in total. The molecule has 2 saturated heterocycles. The van der Waals surface area contributed by atoms with Gasteiger partial charge in [-0.3, -0.25) is 4.79 Å². The maximum atomic E-state index is 12.3. The van der Waals surface area contributed by atoms with Gasteiger partial charge >= 0.3 is 0 Å². The summed E-state index contributed by atoms with van der Waals surface area (Å²) < 4.78 is 5.36. The van der Waals surface area contributed by atoms with Crippen molar-refractivity contribution in [3.05, 3.63) is 0 Å². The Labute approximate surface area is 111 Å². The fraction of sp³-hybridized carbons (Fsp3) is 0.933. The summed E-state index contributed by atoms with van der Waals surface area (Å²) in [6, 6.07) is 0.515. The molecule has 2 rings (SSSR count). The first kappa shape index (κ1) is 13.9. The summed E-state index contributed by atoms with van der Waals surface area (Å²) >= 11 is 0. The van der Waals surface area contributed by atoms with Gasteiger partial charge in [-0.25, -0.2) is 0 Å². The Kier molecular flexibility index (Phi) is 5.48. The molecule has 18 heavy (non-hydrogen) atoms. The smallest absolute Gasteiger partial charge is 0.222 e. The monoisotopic (exact) mass is 253 g/mol. The molecule has 0 aromatic heterocycles. The summed E-state index contributed by atoms with van der Waals surface area (Å²) in [6.45, 7) is 4.97. The minimum atomic E-state index is 0.396. The Hall–Kier alpha value is -0.570. The van der Waals surface area contributed by atoms with Crippen LogP contribution >= 0.6 is 0 Å². The largest absolute Gasteiger partial charge is 0.381 e. The molecule has 0 N–H and O–H groups in total. The van der Waals surface area contributed by atoms with Crippen LogP contribution in [0.2, 0.25) is 0 Å². The molecule has 3 heteroatoms. The lowest BCUT2D eigenvalue weighted by atomic mass is 9.93. The van der Waals surface area contributed by atoms with E-state index in [0.29, 0.717) is 17.9 Å². The quantitative estimate of drug-likeness (QED) is 0.771. The molecule has 104 valence electrons. The number of carbonyl (C=O) groups is 1. The number of nitrogens with zero attached hydrogens (tertiary/aromatic N) is 1. The Morgan fingerprint density at radius 3 is 2.72 bits per heavy atom. The highest BCUT2D eigenvalue weighted by molar-refractivity contribution is 5.76. The van der Waals surface area contributed by atoms with E-state index in [2.05, 4.69) is 11.8 Å². The second-order valence-corrected chi connectivity index (χ2v) is 5.74. The van der Waals surface area contributed by atoms with E-state index in [1.54, 1.807) is 0 Å². The molecule has 0 aromatic rings. The highest BCUT2D eigenvalue weighted by Gasteiger charge is 2.25. The van der Waals surface area contributed by atoms with Crippen molar-refractivity contribution in [1.82, 2.24) is 4.90 Å². The maximum absolute atomic E-state index is 12.3. The van der Waals surface area contributed by atoms with Gasteiger partial charge in [0.25, 0.3) is 0 Å². The summed E-state index contributed by atoms with van der Waals surface area (Å²) in [5.41, 5.74) is 0. The number of likely N-dealkylation sites (tertiary alicyclic amines) is 1. The lowest BCUT2D eigenvalue weighted by Gasteiger charge is -2.35. The fourth-order valence-electron chi connectivity index (χ4n) is 3.26. The van der Waals surface area contributed by atoms with E-state index in [9.17, 15) is 4.79 Å². The van der Waals surface area contributed by atoms with Gasteiger partial charge in [0.1, 0.15) is 0 Å². The van der Waals surface area contributed by atoms with Gasteiger partial charge in [0.15, 0.2) is 0 Å². The van der Waals surface area contributed by atoms with E-state index >= 15 is 0 Å². The molecular formula is C15H27NO2. The molecule has 1 atom stereocenters. The summed E-state index contributed by atoms with van der Waals surface area (Å²) in [6.07, 6.45) is 8.91. The van der Waals surface area contributed by atoms with Crippen LogP contribution in [0, 0.1) is 5.92 Å². The highest BCUT2D eigenvalue weighted by atomic mass is 16.5. The second-order valence-electron chi connectivity index (χ2n) is 5.74. The number of piperidine rings is 1. The van der Waals surface area contributed by atoms with Gasteiger partial charge in [-0.15, -0.1) is 0 Å². The summed E-state index contributed by atoms with van der Waals surface area (Å²) in [7, 11) is 0. The predicted molar refractivity (Wildman–Crippen MR) is 72.4 cm³/mol. The van der Waals surface area contributed by atoms with Crippen LogP contribution < -0.4 is 0 Å². The second kappa shape index (κ2) is 7.13. The number of amides is 1. The van der Waals surface area contributed by atoms with E-state index in [4.69, 9.17) is 4.74 Å². The molecule has 0 saturated carbocycles. The van der Waals surface area contributed by atoms with Crippen molar-refractivity contribution in [2.24, 2.45) is 5.92 Å². The molecule has 0 spiro atoms. The van der Waals surface area contributed by atoms with Crippen LogP contribution in [0.5, 0.6) is 0 Å². The van der Waals surface area contributed by atoms with Crippen molar-refractivity contribution >= 4 is 5.91 Å². The first-order chi connectivity index (χ1) is 8.81. The summed E-state index contributed by atoms with van der Waals surface area (Å²) in [5.74, 6) is 1.11. The minimum Gasteiger partial charge on any atom is -0.381 e. The maximum Gasteiger partial charge on any atom is 0.222 e. The van der Waals surface area contributed by atoms with E-state index in [1.165, 1.54) is 19.3 Å². The van der Waals surface area contributed by atoms with Gasteiger partial charge in [0.05, 0.1) is 0 Å². The molecule has 2 aliphatic rings. The Morgan fingerprint density at radius 1 is 1.22 bits per heavy atom. The van der Waals surface area contributed by atoms with Crippen molar-refractivity contribution < 1.29 is 9.53 Å². The van der Waals surface area contributed by atoms with Gasteiger partial charge in [-0.05, 0) is 50.9 Å². The Morgan fingerprint density at radius 2 is 2.00 bits per heavy atom. The minimum absolute atomic E-state index is 0.396. The van der Waals surface area contributed by atoms with Gasteiger partial charge in [-0.1, -0.05) is 6.92 Å². The van der Waals surface area contributed by atoms with E-state index in [-0.39, 0.29) is 0 Å². The SMILES string of the molecule is CCC1CCCCN1C(=O)CCC1CCOCC1. The molecule has 2 fully saturated rings. The van der Waals surface area contributed by atoms with Crippen molar-refractivity contribution in [2.45, 2.75) is 64.3 Å². The van der Waals surface area contributed by atoms with Gasteiger partial charge in [0.2, 0.25) is 5.91 Å². The summed E-state index contributed by atoms with van der Waals surface area (Å²) in [5, 5.41) is 0. The third-order valence-corrected chi connectivity index (χ3v) is 4.53. The van der Waals surface area contributed by atoms with Gasteiger partial charge < -0.3 is 9.64 Å². The molecule has 0 radical (unpaired) electrons. The van der Waals surface area contributed by atoms with Crippen molar-refractivity contribution in [1.29, 1.82) is 0 Å². The van der Waals surface area contributed by atoms with Crippen molar-refractivity contribution in [3.63, 3.8) is 0 Å². The number of hydrogen-bond donors (Lipinski definition) is 0. The standard InChI is InChI=1S/C15H27NO2/c1-2-14-5-3-4-10-16(14)15(17)7-6-13-8-11-18-12-9-13/h13-14H,2-12H2,1H3. The molecule has 1 unspecified atom stereocenters. The van der Waals surface area contributed by atoms with Gasteiger partial charge in [-0.2, -0.15) is 0 Å². The van der Waals surface area contributed by atoms with Crippen LogP contribution in [0.15, 0.2) is 0 Å². The van der Waals surface area contributed by atoms with Crippen molar-refractivity contribution in [2.75, 3.05) is 19.8 Å². The first-order valence-electron chi connectivity index (χ1n) is 7.68. The molecule has 1 amide bonds. The molecular weight excluding hydrogens is 226 g/mol. The van der Waals surface area contributed by atoms with Crippen LogP contribution in [0.4, 0.5) is 0 Å². The Balaban J connectivity index is 1.75. The average Bonchev–Trinajstić information content (AvgIpc) is 2.45. The molecule has 0 bridgehead atoms. The van der Waals surface area contributed by atoms with E-state index in [1.807, 2.05) is 0 Å². The molecule has 0 aromatic carbocycles. The van der Waals surface area contributed by atoms with Gasteiger partial charge in [0, 0.05) is 32.2 Å². The van der Waals surface area contributed by atoms with Crippen LogP contribution in [0.3, 0.4) is 0 Å². The predicted octanol–water partition coefficient (Wildman–Crippen LogP) is 2.98. The van der Waals surface area contributed by atoms with Crippen LogP contribution in [0.25, 0.3) is 0 Å². The lowest BCUT2D eigenvalue weighted by molar-refractivity contribution is -0.135. The van der Waals surface area contributed by atoms with Crippen LogP contribution in [-0.2, 0) is 9.53 Å². The lowest BCUT2D eigenvalue weighted by Crippen LogP contribution is -2.43. The topological polar surface area (TPSA) is 29.5 Å². The molecule has 2 heterocycles. The number of ether oxygens (including phenoxy) is 1. The fourth-order valence-corrected chi connectivity index (χ4v) is 3.26. The zero-order valence-electron chi connectivity index (χ0n) is 11.7. The first-order valence-corrected chi connectivity index (χ1v) is 7.68. The number of rotatable bonds is 4. The zero-order valence-corrected chi connectivity index (χ0v) is 11.7. The highest BCUT2D eigenvalue weighted by Crippen LogP contribution is 2.24. The Bertz CT molecular complexity index is 261. The normalized spacial score (nSPS) is 26.3. The van der Waals surface area contributed by atoms with Crippen LogP contribution in [-0.4, -0.2) is 36.6 Å². The summed E-state index contributed by atoms with van der Waals surface area (Å²) in [4.78, 5) is 14.5. The van der Waals surface area contributed by atoms with Crippen molar-refractivity contribution in [3.8, 4) is 0 Å². The van der Waals surface area contributed by atoms with E-state index < -0.39 is 0 Å². The third-order valence-electron chi connectivity index (χ3n) is 4.53. The average molecular weight is 253 g/mol. The third kappa shape index (κ3) is 3.71. The molecule has 2 aliphatic heterocycles.